The van der Waals surface area contributed by atoms with Crippen LogP contribution in [-0.2, 0) is 4.74 Å². The van der Waals surface area contributed by atoms with E-state index in [0.29, 0.717) is 18.2 Å². The van der Waals surface area contributed by atoms with E-state index in [-0.39, 0.29) is 12.4 Å². The molecule has 0 aromatic heterocycles. The Morgan fingerprint density at radius 2 is 1.92 bits per heavy atom. The van der Waals surface area contributed by atoms with Crippen LogP contribution in [0.3, 0.4) is 0 Å². The fraction of sp³-hybridized carbons (Fsp3) is 1.00. The van der Waals surface area contributed by atoms with Crippen LogP contribution < -0.4 is 5.73 Å². The van der Waals surface area contributed by atoms with Gasteiger partial charge in [0.15, 0.2) is 0 Å². The molecule has 1 spiro atoms. The maximum atomic E-state index is 5.93. The van der Waals surface area contributed by atoms with E-state index in [1.165, 1.54) is 38.5 Å². The highest BCUT2D eigenvalue weighted by Gasteiger charge is 2.41. The van der Waals surface area contributed by atoms with Gasteiger partial charge in [-0.25, -0.2) is 0 Å². The lowest BCUT2D eigenvalue weighted by molar-refractivity contribution is -0.165. The Morgan fingerprint density at radius 1 is 1.25 bits per heavy atom. The molecule has 1 saturated carbocycles. The van der Waals surface area contributed by atoms with E-state index in [1.54, 1.807) is 0 Å². The Balaban J connectivity index is 0.000000720. The van der Waals surface area contributed by atoms with Gasteiger partial charge in [-0.1, -0.05) is 0 Å². The summed E-state index contributed by atoms with van der Waals surface area (Å²) in [5.41, 5.74) is 5.87. The van der Waals surface area contributed by atoms with Crippen molar-refractivity contribution in [1.29, 1.82) is 0 Å². The van der Waals surface area contributed by atoms with Crippen molar-refractivity contribution in [1.82, 2.24) is 0 Å². The molecule has 2 N–H and O–H groups in total. The molecule has 0 aromatic carbocycles. The quantitative estimate of drug-likeness (QED) is 0.687. The monoisotopic (exact) mass is 191 g/mol. The van der Waals surface area contributed by atoms with Gasteiger partial charge in [0.2, 0.25) is 0 Å². The minimum absolute atomic E-state index is 0. The first-order valence-electron chi connectivity index (χ1n) is 4.73. The van der Waals surface area contributed by atoms with Crippen LogP contribution in [0.25, 0.3) is 0 Å². The summed E-state index contributed by atoms with van der Waals surface area (Å²) in [5.74, 6) is 0. The van der Waals surface area contributed by atoms with E-state index in [2.05, 4.69) is 0 Å². The van der Waals surface area contributed by atoms with Gasteiger partial charge in [-0.05, 0) is 38.5 Å². The predicted octanol–water partition coefficient (Wildman–Crippen LogP) is 1.86. The Labute approximate surface area is 80.3 Å². The summed E-state index contributed by atoms with van der Waals surface area (Å²) >= 11 is 0. The van der Waals surface area contributed by atoms with Gasteiger partial charge in [0.1, 0.15) is 0 Å². The highest BCUT2D eigenvalue weighted by molar-refractivity contribution is 5.85. The number of rotatable bonds is 1. The van der Waals surface area contributed by atoms with Crippen LogP contribution >= 0.6 is 12.4 Å². The zero-order valence-corrected chi connectivity index (χ0v) is 8.24. The van der Waals surface area contributed by atoms with Crippen LogP contribution in [-0.4, -0.2) is 18.2 Å². The van der Waals surface area contributed by atoms with Crippen molar-refractivity contribution in [3.8, 4) is 0 Å². The minimum atomic E-state index is 0. The van der Waals surface area contributed by atoms with Crippen molar-refractivity contribution >= 4 is 12.4 Å². The summed E-state index contributed by atoms with van der Waals surface area (Å²) in [4.78, 5) is 0. The molecule has 1 aliphatic carbocycles. The molecule has 12 heavy (non-hydrogen) atoms. The zero-order chi connectivity index (χ0) is 7.73. The fourth-order valence-corrected chi connectivity index (χ4v) is 2.23. The van der Waals surface area contributed by atoms with Crippen LogP contribution in [0, 0.1) is 0 Å². The van der Waals surface area contributed by atoms with Gasteiger partial charge in [0.25, 0.3) is 0 Å². The molecule has 0 radical (unpaired) electrons. The third-order valence-corrected chi connectivity index (χ3v) is 3.10. The van der Waals surface area contributed by atoms with Gasteiger partial charge in [0, 0.05) is 6.54 Å². The normalized spacial score (nSPS) is 32.2. The molecule has 1 aliphatic heterocycles. The Morgan fingerprint density at radius 3 is 2.42 bits per heavy atom. The molecule has 1 unspecified atom stereocenters. The number of ether oxygens (including phenoxy) is 1. The molecule has 1 saturated heterocycles. The molecule has 2 rings (SSSR count). The van der Waals surface area contributed by atoms with Crippen LogP contribution in [0.1, 0.15) is 38.5 Å². The first kappa shape index (κ1) is 10.3. The first-order valence-corrected chi connectivity index (χ1v) is 4.73. The second-order valence-corrected chi connectivity index (χ2v) is 3.90. The van der Waals surface area contributed by atoms with Gasteiger partial charge in [-0.15, -0.1) is 12.4 Å². The van der Waals surface area contributed by atoms with E-state index < -0.39 is 0 Å². The molecule has 1 atom stereocenters. The van der Waals surface area contributed by atoms with Gasteiger partial charge in [0.05, 0.1) is 11.7 Å². The average molecular weight is 192 g/mol. The summed E-state index contributed by atoms with van der Waals surface area (Å²) in [6, 6.07) is 0. The van der Waals surface area contributed by atoms with E-state index in [0.717, 1.165) is 0 Å². The van der Waals surface area contributed by atoms with E-state index >= 15 is 0 Å². The van der Waals surface area contributed by atoms with E-state index in [1.807, 2.05) is 0 Å². The summed E-state index contributed by atoms with van der Waals surface area (Å²) < 4.78 is 5.93. The zero-order valence-electron chi connectivity index (χ0n) is 7.42. The largest absolute Gasteiger partial charge is 0.370 e. The summed E-state index contributed by atoms with van der Waals surface area (Å²) in [6.07, 6.45) is 8.07. The molecule has 2 nitrogen and oxygen atoms in total. The highest BCUT2D eigenvalue weighted by Crippen LogP contribution is 2.43. The van der Waals surface area contributed by atoms with Gasteiger partial charge >= 0.3 is 0 Å². The summed E-state index contributed by atoms with van der Waals surface area (Å²) in [5, 5.41) is 0. The van der Waals surface area contributed by atoms with Gasteiger partial charge < -0.3 is 10.5 Å². The number of halogens is 1. The van der Waals surface area contributed by atoms with Crippen molar-refractivity contribution in [3.05, 3.63) is 0 Å². The molecule has 3 heteroatoms. The SMILES string of the molecule is Cl.NCC1CCCC2(CCC2)O1. The van der Waals surface area contributed by atoms with Crippen molar-refractivity contribution in [2.45, 2.75) is 50.2 Å². The lowest BCUT2D eigenvalue weighted by atomic mass is 9.74. The van der Waals surface area contributed by atoms with E-state index in [9.17, 15) is 0 Å². The molecule has 0 aromatic rings. The number of hydrogen-bond acceptors (Lipinski definition) is 2. The van der Waals surface area contributed by atoms with Crippen molar-refractivity contribution in [2.75, 3.05) is 6.54 Å². The summed E-state index contributed by atoms with van der Waals surface area (Å²) in [7, 11) is 0. The smallest absolute Gasteiger partial charge is 0.0704 e. The first-order chi connectivity index (χ1) is 5.35. The lowest BCUT2D eigenvalue weighted by Gasteiger charge is -2.47. The third kappa shape index (κ3) is 1.76. The van der Waals surface area contributed by atoms with Gasteiger partial charge in [-0.3, -0.25) is 0 Å². The van der Waals surface area contributed by atoms with Crippen LogP contribution in [0.15, 0.2) is 0 Å². The Bertz CT molecular complexity index is 147. The highest BCUT2D eigenvalue weighted by atomic mass is 35.5. The third-order valence-electron chi connectivity index (χ3n) is 3.10. The molecule has 0 amide bonds. The second kappa shape index (κ2) is 3.95. The molecular weight excluding hydrogens is 174 g/mol. The van der Waals surface area contributed by atoms with Crippen LogP contribution in [0.5, 0.6) is 0 Å². The minimum Gasteiger partial charge on any atom is -0.370 e. The second-order valence-electron chi connectivity index (χ2n) is 3.90. The standard InChI is InChI=1S/C9H17NO.ClH/c10-7-8-3-1-4-9(11-8)5-2-6-9;/h8H,1-7,10H2;1H. The lowest BCUT2D eigenvalue weighted by Crippen LogP contribution is -2.47. The summed E-state index contributed by atoms with van der Waals surface area (Å²) in [6.45, 7) is 0.710. The number of hydrogen-bond donors (Lipinski definition) is 1. The maximum absolute atomic E-state index is 5.93. The van der Waals surface area contributed by atoms with Crippen LogP contribution in [0.2, 0.25) is 0 Å². The van der Waals surface area contributed by atoms with Crippen molar-refractivity contribution in [2.24, 2.45) is 5.73 Å². The maximum Gasteiger partial charge on any atom is 0.0704 e. The molecule has 2 aliphatic rings. The molecule has 0 bridgehead atoms. The predicted molar refractivity (Wildman–Crippen MR) is 51.6 cm³/mol. The van der Waals surface area contributed by atoms with Crippen molar-refractivity contribution < 1.29 is 4.74 Å². The van der Waals surface area contributed by atoms with Crippen LogP contribution in [0.4, 0.5) is 0 Å². The Kier molecular flexibility index (Phi) is 3.38. The molecule has 1 heterocycles. The van der Waals surface area contributed by atoms with E-state index in [4.69, 9.17) is 10.5 Å². The average Bonchev–Trinajstić information content (AvgIpc) is 2.02. The molecule has 2 fully saturated rings. The molecule has 72 valence electrons. The topological polar surface area (TPSA) is 35.2 Å². The molecular formula is C9H18ClNO. The Hall–Kier alpha value is 0.210. The number of nitrogens with two attached hydrogens (primary N) is 1. The van der Waals surface area contributed by atoms with Crippen molar-refractivity contribution in [3.63, 3.8) is 0 Å². The van der Waals surface area contributed by atoms with Gasteiger partial charge in [-0.2, -0.15) is 0 Å². The fourth-order valence-electron chi connectivity index (χ4n) is 2.23.